The van der Waals surface area contributed by atoms with Crippen LogP contribution in [0.5, 0.6) is 0 Å². The molecule has 14 heavy (non-hydrogen) atoms. The maximum Gasteiger partial charge on any atom is 0.240 e. The maximum absolute atomic E-state index is 10.8. The van der Waals surface area contributed by atoms with Crippen molar-refractivity contribution in [2.24, 2.45) is 5.73 Å². The third kappa shape index (κ3) is 2.47. The number of aliphatic hydroxyl groups excluding tert-OH is 1. The Morgan fingerprint density at radius 3 is 2.79 bits per heavy atom. The Balaban J connectivity index is 3.13. The van der Waals surface area contributed by atoms with E-state index in [1.807, 2.05) is 0 Å². The number of aliphatic hydroxyl groups is 1. The number of carbonyl (C=O) groups excluding carboxylic acids is 1. The van der Waals surface area contributed by atoms with Gasteiger partial charge in [-0.25, -0.2) is 0 Å². The number of alkyl halides is 1. The van der Waals surface area contributed by atoms with Gasteiger partial charge in [-0.3, -0.25) is 4.79 Å². The van der Waals surface area contributed by atoms with Crippen LogP contribution in [0.25, 0.3) is 0 Å². The van der Waals surface area contributed by atoms with E-state index in [2.05, 4.69) is 15.9 Å². The average molecular weight is 279 g/mol. The van der Waals surface area contributed by atoms with Crippen molar-refractivity contribution >= 4 is 33.4 Å². The molecule has 5 heteroatoms. The molecule has 0 aromatic heterocycles. The Labute approximate surface area is 95.0 Å². The number of rotatable bonds is 3. The number of carbonyl (C=O) groups is 1. The van der Waals surface area contributed by atoms with E-state index in [4.69, 9.17) is 22.4 Å². The summed E-state index contributed by atoms with van der Waals surface area (Å²) in [5.74, 6) is -0.622. The lowest BCUT2D eigenvalue weighted by atomic mass is 10.0. The van der Waals surface area contributed by atoms with Crippen LogP contribution in [0.2, 0.25) is 0 Å². The summed E-state index contributed by atoms with van der Waals surface area (Å²) in [7, 11) is 0. The third-order valence-corrected chi connectivity index (χ3v) is 2.74. The Hall–Kier alpha value is -0.580. The summed E-state index contributed by atoms with van der Waals surface area (Å²) in [5.41, 5.74) is 6.21. The van der Waals surface area contributed by atoms with E-state index >= 15 is 0 Å². The van der Waals surface area contributed by atoms with Crippen molar-refractivity contribution < 1.29 is 9.90 Å². The van der Waals surface area contributed by atoms with Crippen LogP contribution in [0.15, 0.2) is 22.7 Å². The molecule has 0 saturated heterocycles. The van der Waals surface area contributed by atoms with E-state index < -0.39 is 11.3 Å². The van der Waals surface area contributed by atoms with Crippen molar-refractivity contribution in [3.8, 4) is 0 Å². The molecule has 76 valence electrons. The number of hydrogen-bond acceptors (Lipinski definition) is 2. The topological polar surface area (TPSA) is 63.3 Å². The highest BCUT2D eigenvalue weighted by Gasteiger charge is 2.17. The molecule has 0 aliphatic rings. The van der Waals surface area contributed by atoms with E-state index in [1.54, 1.807) is 18.2 Å². The van der Waals surface area contributed by atoms with Crippen LogP contribution in [0.4, 0.5) is 0 Å². The highest BCUT2D eigenvalue weighted by Crippen LogP contribution is 2.26. The monoisotopic (exact) mass is 277 g/mol. The first-order chi connectivity index (χ1) is 6.56. The van der Waals surface area contributed by atoms with Crippen LogP contribution < -0.4 is 5.73 Å². The minimum atomic E-state index is -0.898. The van der Waals surface area contributed by atoms with Gasteiger partial charge in [0.15, 0.2) is 0 Å². The van der Waals surface area contributed by atoms with Crippen molar-refractivity contribution in [2.45, 2.75) is 12.0 Å². The molecule has 1 rings (SSSR count). The van der Waals surface area contributed by atoms with Gasteiger partial charge in [-0.15, -0.1) is 11.6 Å². The average Bonchev–Trinajstić information content (AvgIpc) is 2.16. The zero-order valence-electron chi connectivity index (χ0n) is 7.21. The second kappa shape index (κ2) is 4.77. The lowest BCUT2D eigenvalue weighted by Gasteiger charge is -2.10. The summed E-state index contributed by atoms with van der Waals surface area (Å²) in [6.07, 6.45) is 0. The van der Waals surface area contributed by atoms with Gasteiger partial charge >= 0.3 is 0 Å². The van der Waals surface area contributed by atoms with Crippen molar-refractivity contribution in [1.82, 2.24) is 0 Å². The molecule has 0 spiro atoms. The summed E-state index contributed by atoms with van der Waals surface area (Å²) in [4.78, 5) is 10.8. The fraction of sp³-hybridized carbons (Fsp3) is 0.222. The largest absolute Gasteiger partial charge is 0.392 e. The number of benzene rings is 1. The second-order valence-electron chi connectivity index (χ2n) is 2.77. The molecule has 3 N–H and O–H groups in total. The van der Waals surface area contributed by atoms with Crippen molar-refractivity contribution in [1.29, 1.82) is 0 Å². The molecule has 1 aromatic rings. The van der Waals surface area contributed by atoms with Gasteiger partial charge in [-0.2, -0.15) is 0 Å². The van der Waals surface area contributed by atoms with Gasteiger partial charge in [0.25, 0.3) is 0 Å². The number of primary amides is 1. The van der Waals surface area contributed by atoms with Crippen molar-refractivity contribution in [3.05, 3.63) is 33.8 Å². The fourth-order valence-corrected chi connectivity index (χ4v) is 1.73. The Kier molecular flexibility index (Phi) is 3.92. The van der Waals surface area contributed by atoms with Gasteiger partial charge in [0.1, 0.15) is 5.38 Å². The van der Waals surface area contributed by atoms with E-state index in [-0.39, 0.29) is 6.61 Å². The van der Waals surface area contributed by atoms with Gasteiger partial charge < -0.3 is 10.8 Å². The van der Waals surface area contributed by atoms with E-state index in [1.165, 1.54) is 0 Å². The van der Waals surface area contributed by atoms with E-state index in [9.17, 15) is 4.79 Å². The molecule has 1 unspecified atom stereocenters. The summed E-state index contributed by atoms with van der Waals surface area (Å²) in [6, 6.07) is 5.11. The SMILES string of the molecule is NC(=O)C(Cl)c1ccc(Br)cc1CO. The molecule has 1 amide bonds. The van der Waals surface area contributed by atoms with Crippen LogP contribution in [-0.4, -0.2) is 11.0 Å². The smallest absolute Gasteiger partial charge is 0.240 e. The number of hydrogen-bond donors (Lipinski definition) is 2. The molecule has 0 saturated carbocycles. The molecule has 1 aromatic carbocycles. The lowest BCUT2D eigenvalue weighted by Crippen LogP contribution is -2.18. The van der Waals surface area contributed by atoms with Gasteiger partial charge in [-0.1, -0.05) is 22.0 Å². The first kappa shape index (κ1) is 11.5. The van der Waals surface area contributed by atoms with Crippen LogP contribution >= 0.6 is 27.5 Å². The van der Waals surface area contributed by atoms with Crippen LogP contribution in [0.3, 0.4) is 0 Å². The number of amides is 1. The minimum Gasteiger partial charge on any atom is -0.392 e. The molecule has 0 aliphatic carbocycles. The zero-order valence-corrected chi connectivity index (χ0v) is 9.55. The number of nitrogens with two attached hydrogens (primary N) is 1. The Bertz CT molecular complexity index is 357. The normalized spacial score (nSPS) is 12.5. The fourth-order valence-electron chi connectivity index (χ4n) is 1.11. The van der Waals surface area contributed by atoms with Gasteiger partial charge in [-0.05, 0) is 23.3 Å². The summed E-state index contributed by atoms with van der Waals surface area (Å²) in [6.45, 7) is -0.175. The first-order valence-electron chi connectivity index (χ1n) is 3.89. The standard InChI is InChI=1S/C9H9BrClNO2/c10-6-1-2-7(5(3-6)4-13)8(11)9(12)14/h1-3,8,13H,4H2,(H2,12,14). The molecule has 1 atom stereocenters. The van der Waals surface area contributed by atoms with Gasteiger partial charge in [0.2, 0.25) is 5.91 Å². The molecular weight excluding hydrogens is 269 g/mol. The Morgan fingerprint density at radius 2 is 2.29 bits per heavy atom. The third-order valence-electron chi connectivity index (χ3n) is 1.80. The van der Waals surface area contributed by atoms with Crippen LogP contribution in [-0.2, 0) is 11.4 Å². The van der Waals surface area contributed by atoms with Crippen molar-refractivity contribution in [2.75, 3.05) is 0 Å². The lowest BCUT2D eigenvalue weighted by molar-refractivity contribution is -0.117. The minimum absolute atomic E-state index is 0.175. The molecule has 0 heterocycles. The molecule has 0 bridgehead atoms. The molecular formula is C9H9BrClNO2. The number of halogens is 2. The highest BCUT2D eigenvalue weighted by atomic mass is 79.9. The molecule has 0 aliphatic heterocycles. The summed E-state index contributed by atoms with van der Waals surface area (Å²) in [5, 5.41) is 8.14. The van der Waals surface area contributed by atoms with Crippen molar-refractivity contribution in [3.63, 3.8) is 0 Å². The summed E-state index contributed by atoms with van der Waals surface area (Å²) < 4.78 is 0.818. The van der Waals surface area contributed by atoms with E-state index in [0.29, 0.717) is 11.1 Å². The van der Waals surface area contributed by atoms with Gasteiger partial charge in [0.05, 0.1) is 6.61 Å². The predicted octanol–water partition coefficient (Wildman–Crippen LogP) is 1.71. The van der Waals surface area contributed by atoms with Crippen LogP contribution in [0.1, 0.15) is 16.5 Å². The second-order valence-corrected chi connectivity index (χ2v) is 4.12. The van der Waals surface area contributed by atoms with Crippen LogP contribution in [0, 0.1) is 0 Å². The highest BCUT2D eigenvalue weighted by molar-refractivity contribution is 9.10. The molecule has 0 radical (unpaired) electrons. The molecule has 3 nitrogen and oxygen atoms in total. The predicted molar refractivity (Wildman–Crippen MR) is 57.9 cm³/mol. The quantitative estimate of drug-likeness (QED) is 0.827. The maximum atomic E-state index is 10.8. The van der Waals surface area contributed by atoms with Gasteiger partial charge in [0, 0.05) is 4.47 Å². The van der Waals surface area contributed by atoms with E-state index in [0.717, 1.165) is 4.47 Å². The first-order valence-corrected chi connectivity index (χ1v) is 5.11. The zero-order chi connectivity index (χ0) is 10.7. The molecule has 0 fully saturated rings. The summed E-state index contributed by atoms with van der Waals surface area (Å²) >= 11 is 9.03. The Morgan fingerprint density at radius 1 is 1.64 bits per heavy atom.